The summed E-state index contributed by atoms with van der Waals surface area (Å²) in [5.74, 6) is -1.96. The van der Waals surface area contributed by atoms with Crippen LogP contribution in [0.3, 0.4) is 0 Å². The molecule has 0 radical (unpaired) electrons. The van der Waals surface area contributed by atoms with Crippen LogP contribution in [-0.4, -0.2) is 48.3 Å². The average Bonchev–Trinajstić information content (AvgIpc) is 2.29. The molecule has 4 nitrogen and oxygen atoms in total. The van der Waals surface area contributed by atoms with E-state index in [1.165, 1.54) is 18.2 Å². The van der Waals surface area contributed by atoms with Crippen molar-refractivity contribution in [2.45, 2.75) is 6.04 Å². The Bertz CT molecular complexity index is 334. The minimum Gasteiger partial charge on any atom is -0.481 e. The summed E-state index contributed by atoms with van der Waals surface area (Å²) in [4.78, 5) is 13.0. The summed E-state index contributed by atoms with van der Waals surface area (Å²) >= 11 is 0. The van der Waals surface area contributed by atoms with Crippen molar-refractivity contribution in [3.63, 3.8) is 0 Å². The van der Waals surface area contributed by atoms with Crippen molar-refractivity contribution < 1.29 is 19.0 Å². The predicted octanol–water partition coefficient (Wildman–Crippen LogP) is 0.811. The maximum atomic E-state index is 13.1. The molecule has 0 saturated carbocycles. The standard InChI is InChI=1S/C11H14FNO3/c12-8-1-2-9(11(14)15)10(7-8)13-3-5-16-6-4-13/h1-2,7,9-10H,3-6H2,(H,14,15). The number of rotatable bonds is 2. The third-order valence-corrected chi connectivity index (χ3v) is 2.91. The van der Waals surface area contributed by atoms with Gasteiger partial charge in [0.25, 0.3) is 0 Å². The third-order valence-electron chi connectivity index (χ3n) is 2.91. The van der Waals surface area contributed by atoms with Crippen LogP contribution in [0, 0.1) is 5.92 Å². The van der Waals surface area contributed by atoms with Gasteiger partial charge in [0.15, 0.2) is 0 Å². The lowest BCUT2D eigenvalue weighted by molar-refractivity contribution is -0.142. The molecule has 1 aliphatic heterocycles. The number of carboxylic acids is 1. The molecule has 5 heteroatoms. The van der Waals surface area contributed by atoms with Gasteiger partial charge in [-0.2, -0.15) is 0 Å². The maximum absolute atomic E-state index is 13.1. The lowest BCUT2D eigenvalue weighted by Gasteiger charge is -2.36. The molecule has 0 spiro atoms. The Kier molecular flexibility index (Phi) is 3.36. The van der Waals surface area contributed by atoms with Gasteiger partial charge in [0, 0.05) is 19.1 Å². The molecule has 1 saturated heterocycles. The molecule has 2 unspecified atom stereocenters. The van der Waals surface area contributed by atoms with Gasteiger partial charge in [0.2, 0.25) is 0 Å². The minimum absolute atomic E-state index is 0.367. The second-order valence-corrected chi connectivity index (χ2v) is 3.91. The Morgan fingerprint density at radius 3 is 2.81 bits per heavy atom. The fourth-order valence-electron chi connectivity index (χ4n) is 2.07. The molecule has 1 fully saturated rings. The molecule has 0 amide bonds. The normalized spacial score (nSPS) is 31.2. The number of carbonyl (C=O) groups is 1. The van der Waals surface area contributed by atoms with Crippen LogP contribution in [0.15, 0.2) is 24.1 Å². The zero-order valence-electron chi connectivity index (χ0n) is 8.80. The number of nitrogens with zero attached hydrogens (tertiary/aromatic N) is 1. The van der Waals surface area contributed by atoms with Crippen LogP contribution >= 0.6 is 0 Å². The summed E-state index contributed by atoms with van der Waals surface area (Å²) in [5, 5.41) is 9.06. The van der Waals surface area contributed by atoms with Crippen molar-refractivity contribution in [1.29, 1.82) is 0 Å². The molecular formula is C11H14FNO3. The predicted molar refractivity (Wildman–Crippen MR) is 55.6 cm³/mol. The first-order valence-electron chi connectivity index (χ1n) is 5.28. The molecule has 1 N–H and O–H groups in total. The first-order valence-corrected chi connectivity index (χ1v) is 5.28. The van der Waals surface area contributed by atoms with Gasteiger partial charge in [-0.25, -0.2) is 4.39 Å². The molecule has 2 aliphatic rings. The van der Waals surface area contributed by atoms with E-state index in [0.717, 1.165) is 0 Å². The lowest BCUT2D eigenvalue weighted by atomic mass is 9.93. The second-order valence-electron chi connectivity index (χ2n) is 3.91. The van der Waals surface area contributed by atoms with Gasteiger partial charge in [0.05, 0.1) is 19.1 Å². The highest BCUT2D eigenvalue weighted by atomic mass is 19.1. The van der Waals surface area contributed by atoms with Crippen molar-refractivity contribution in [2.24, 2.45) is 5.92 Å². The molecule has 2 rings (SSSR count). The van der Waals surface area contributed by atoms with Gasteiger partial charge in [-0.3, -0.25) is 9.69 Å². The first-order chi connectivity index (χ1) is 7.68. The molecule has 0 aromatic rings. The van der Waals surface area contributed by atoms with E-state index in [1.54, 1.807) is 0 Å². The van der Waals surface area contributed by atoms with Crippen molar-refractivity contribution >= 4 is 5.97 Å². The zero-order valence-corrected chi connectivity index (χ0v) is 8.80. The number of hydrogen-bond donors (Lipinski definition) is 1. The Balaban J connectivity index is 2.14. The van der Waals surface area contributed by atoms with E-state index in [1.807, 2.05) is 4.90 Å². The molecule has 88 valence electrons. The van der Waals surface area contributed by atoms with E-state index >= 15 is 0 Å². The number of morpholine rings is 1. The van der Waals surface area contributed by atoms with Crippen LogP contribution in [0.5, 0.6) is 0 Å². The van der Waals surface area contributed by atoms with Gasteiger partial charge in [-0.15, -0.1) is 0 Å². The summed E-state index contributed by atoms with van der Waals surface area (Å²) in [7, 11) is 0. The van der Waals surface area contributed by atoms with Crippen LogP contribution in [0.4, 0.5) is 4.39 Å². The van der Waals surface area contributed by atoms with Crippen LogP contribution in [-0.2, 0) is 9.53 Å². The highest BCUT2D eigenvalue weighted by Gasteiger charge is 2.32. The van der Waals surface area contributed by atoms with Crippen molar-refractivity contribution in [2.75, 3.05) is 26.3 Å². The van der Waals surface area contributed by atoms with Gasteiger partial charge in [0.1, 0.15) is 5.83 Å². The van der Waals surface area contributed by atoms with E-state index in [4.69, 9.17) is 9.84 Å². The van der Waals surface area contributed by atoms with Crippen molar-refractivity contribution in [1.82, 2.24) is 4.90 Å². The van der Waals surface area contributed by atoms with Crippen LogP contribution < -0.4 is 0 Å². The van der Waals surface area contributed by atoms with Gasteiger partial charge < -0.3 is 9.84 Å². The average molecular weight is 227 g/mol. The fourth-order valence-corrected chi connectivity index (χ4v) is 2.07. The summed E-state index contributed by atoms with van der Waals surface area (Å²) in [6.45, 7) is 2.43. The molecule has 0 bridgehead atoms. The second kappa shape index (κ2) is 4.76. The van der Waals surface area contributed by atoms with Gasteiger partial charge in [-0.1, -0.05) is 6.08 Å². The fraction of sp³-hybridized carbons (Fsp3) is 0.545. The van der Waals surface area contributed by atoms with Gasteiger partial charge in [-0.05, 0) is 12.2 Å². The number of hydrogen-bond acceptors (Lipinski definition) is 3. The highest BCUT2D eigenvalue weighted by molar-refractivity contribution is 5.74. The monoisotopic (exact) mass is 227 g/mol. The highest BCUT2D eigenvalue weighted by Crippen LogP contribution is 2.23. The van der Waals surface area contributed by atoms with E-state index in [9.17, 15) is 9.18 Å². The summed E-state index contributed by atoms with van der Waals surface area (Å²) in [5.41, 5.74) is 0. The minimum atomic E-state index is -0.920. The van der Waals surface area contributed by atoms with Crippen LogP contribution in [0.2, 0.25) is 0 Å². The van der Waals surface area contributed by atoms with Crippen molar-refractivity contribution in [3.05, 3.63) is 24.1 Å². The summed E-state index contributed by atoms with van der Waals surface area (Å²) in [6.07, 6.45) is 4.01. The molecule has 16 heavy (non-hydrogen) atoms. The molecule has 1 heterocycles. The van der Waals surface area contributed by atoms with E-state index in [0.29, 0.717) is 26.3 Å². The number of halogens is 1. The number of carboxylic acid groups (broad SMARTS) is 1. The number of allylic oxidation sites excluding steroid dienone is 2. The Morgan fingerprint density at radius 1 is 1.50 bits per heavy atom. The summed E-state index contributed by atoms with van der Waals surface area (Å²) in [6, 6.07) is -0.397. The zero-order chi connectivity index (χ0) is 11.5. The topological polar surface area (TPSA) is 49.8 Å². The van der Waals surface area contributed by atoms with E-state index < -0.39 is 17.9 Å². The Morgan fingerprint density at radius 2 is 2.19 bits per heavy atom. The Labute approximate surface area is 93.0 Å². The van der Waals surface area contributed by atoms with Crippen LogP contribution in [0.25, 0.3) is 0 Å². The van der Waals surface area contributed by atoms with Gasteiger partial charge >= 0.3 is 5.97 Å². The lowest BCUT2D eigenvalue weighted by Crippen LogP contribution is -2.48. The van der Waals surface area contributed by atoms with Crippen LogP contribution in [0.1, 0.15) is 0 Å². The molecule has 0 aromatic carbocycles. The third kappa shape index (κ3) is 2.31. The maximum Gasteiger partial charge on any atom is 0.312 e. The number of aliphatic carboxylic acids is 1. The SMILES string of the molecule is O=C(O)C1C=CC(F)=CC1N1CCOCC1. The quantitative estimate of drug-likeness (QED) is 0.758. The molecular weight excluding hydrogens is 213 g/mol. The molecule has 2 atom stereocenters. The smallest absolute Gasteiger partial charge is 0.312 e. The molecule has 1 aliphatic carbocycles. The largest absolute Gasteiger partial charge is 0.481 e. The molecule has 0 aromatic heterocycles. The number of ether oxygens (including phenoxy) is 1. The van der Waals surface area contributed by atoms with E-state index in [2.05, 4.69) is 0 Å². The Hall–Kier alpha value is -1.20. The van der Waals surface area contributed by atoms with E-state index in [-0.39, 0.29) is 5.83 Å². The first kappa shape index (κ1) is 11.3. The van der Waals surface area contributed by atoms with Crippen molar-refractivity contribution in [3.8, 4) is 0 Å². The summed E-state index contributed by atoms with van der Waals surface area (Å²) < 4.78 is 18.3.